The van der Waals surface area contributed by atoms with Gasteiger partial charge in [-0.05, 0) is 53.8 Å². The summed E-state index contributed by atoms with van der Waals surface area (Å²) >= 11 is 2.31. The van der Waals surface area contributed by atoms with E-state index in [1.807, 2.05) is 18.7 Å². The third kappa shape index (κ3) is 2.75. The molecule has 0 bridgehead atoms. The van der Waals surface area contributed by atoms with E-state index in [-0.39, 0.29) is 0 Å². The van der Waals surface area contributed by atoms with E-state index >= 15 is 0 Å². The third-order valence-electron chi connectivity index (χ3n) is 2.40. The van der Waals surface area contributed by atoms with Crippen LogP contribution in [0.2, 0.25) is 0 Å². The minimum absolute atomic E-state index is 0.803. The van der Waals surface area contributed by atoms with Gasteiger partial charge in [0.15, 0.2) is 0 Å². The Balaban J connectivity index is 2.05. The molecule has 16 heavy (non-hydrogen) atoms. The molecule has 2 rings (SSSR count). The van der Waals surface area contributed by atoms with E-state index in [4.69, 9.17) is 0 Å². The van der Waals surface area contributed by atoms with Crippen LogP contribution in [0.1, 0.15) is 11.4 Å². The van der Waals surface area contributed by atoms with E-state index in [1.165, 1.54) is 9.26 Å². The second-order valence-corrected chi connectivity index (χ2v) is 5.01. The zero-order valence-electron chi connectivity index (χ0n) is 9.37. The molecule has 0 atom stereocenters. The van der Waals surface area contributed by atoms with Gasteiger partial charge >= 0.3 is 0 Å². The van der Waals surface area contributed by atoms with Crippen molar-refractivity contribution in [1.29, 1.82) is 0 Å². The number of rotatable bonds is 3. The van der Waals surface area contributed by atoms with Gasteiger partial charge in [-0.25, -0.2) is 0 Å². The summed E-state index contributed by atoms with van der Waals surface area (Å²) in [7, 11) is 1.97. The molecule has 0 fully saturated rings. The molecule has 0 saturated carbocycles. The summed E-state index contributed by atoms with van der Waals surface area (Å²) in [6.45, 7) is 2.81. The summed E-state index contributed by atoms with van der Waals surface area (Å²) in [6.07, 6.45) is 0. The normalized spacial score (nSPS) is 10.4. The molecule has 0 saturated heterocycles. The van der Waals surface area contributed by atoms with Crippen molar-refractivity contribution >= 4 is 28.3 Å². The fourth-order valence-electron chi connectivity index (χ4n) is 1.62. The van der Waals surface area contributed by atoms with Gasteiger partial charge in [-0.2, -0.15) is 5.10 Å². The first-order chi connectivity index (χ1) is 7.65. The lowest BCUT2D eigenvalue weighted by Gasteiger charge is -2.06. The van der Waals surface area contributed by atoms with Crippen molar-refractivity contribution in [2.45, 2.75) is 13.5 Å². The second kappa shape index (κ2) is 4.86. The quantitative estimate of drug-likeness (QED) is 0.879. The van der Waals surface area contributed by atoms with Gasteiger partial charge in [-0.15, -0.1) is 0 Å². The maximum Gasteiger partial charge on any atom is 0.0597 e. The maximum atomic E-state index is 4.32. The Hall–Kier alpha value is -1.04. The maximum absolute atomic E-state index is 4.32. The first-order valence-corrected chi connectivity index (χ1v) is 6.22. The molecule has 84 valence electrons. The van der Waals surface area contributed by atoms with Crippen LogP contribution in [-0.4, -0.2) is 9.78 Å². The minimum Gasteiger partial charge on any atom is -0.379 e. The Bertz CT molecular complexity index is 491. The number of aromatic nitrogens is 2. The highest BCUT2D eigenvalue weighted by Gasteiger charge is 2.01. The smallest absolute Gasteiger partial charge is 0.0597 e. The lowest BCUT2D eigenvalue weighted by Crippen LogP contribution is -2.05. The fraction of sp³-hybridized carbons (Fsp3) is 0.250. The van der Waals surface area contributed by atoms with Gasteiger partial charge in [0.05, 0.1) is 17.9 Å². The molecule has 0 unspecified atom stereocenters. The van der Waals surface area contributed by atoms with Gasteiger partial charge in [-0.1, -0.05) is 6.07 Å². The summed E-state index contributed by atoms with van der Waals surface area (Å²) in [5.74, 6) is 0. The molecule has 4 heteroatoms. The molecule has 3 nitrogen and oxygen atoms in total. The summed E-state index contributed by atoms with van der Waals surface area (Å²) in [5.41, 5.74) is 3.39. The number of hydrogen-bond acceptors (Lipinski definition) is 2. The lowest BCUT2D eigenvalue weighted by atomic mass is 10.3. The van der Waals surface area contributed by atoms with Crippen LogP contribution in [0.5, 0.6) is 0 Å². The number of hydrogen-bond donors (Lipinski definition) is 1. The number of nitrogens with one attached hydrogen (secondary N) is 1. The zero-order chi connectivity index (χ0) is 11.5. The van der Waals surface area contributed by atoms with Crippen LogP contribution in [0.3, 0.4) is 0 Å². The van der Waals surface area contributed by atoms with Crippen molar-refractivity contribution in [3.8, 4) is 0 Å². The summed E-state index contributed by atoms with van der Waals surface area (Å²) in [6, 6.07) is 10.4. The highest BCUT2D eigenvalue weighted by molar-refractivity contribution is 14.1. The Kier molecular flexibility index (Phi) is 3.48. The minimum atomic E-state index is 0.803. The number of benzene rings is 1. The Morgan fingerprint density at radius 3 is 2.81 bits per heavy atom. The molecular weight excluding hydrogens is 313 g/mol. The molecule has 0 aliphatic rings. The second-order valence-electron chi connectivity index (χ2n) is 3.76. The van der Waals surface area contributed by atoms with Crippen molar-refractivity contribution in [2.75, 3.05) is 5.32 Å². The number of aryl methyl sites for hydroxylation is 2. The average molecular weight is 327 g/mol. The van der Waals surface area contributed by atoms with Gasteiger partial charge in [-0.3, -0.25) is 4.68 Å². The topological polar surface area (TPSA) is 29.9 Å². The van der Waals surface area contributed by atoms with Crippen LogP contribution in [-0.2, 0) is 13.6 Å². The van der Waals surface area contributed by atoms with Crippen LogP contribution >= 0.6 is 22.6 Å². The van der Waals surface area contributed by atoms with Crippen molar-refractivity contribution in [3.05, 3.63) is 45.3 Å². The van der Waals surface area contributed by atoms with Crippen molar-refractivity contribution < 1.29 is 0 Å². The summed E-state index contributed by atoms with van der Waals surface area (Å²) in [4.78, 5) is 0. The van der Waals surface area contributed by atoms with Crippen LogP contribution < -0.4 is 5.32 Å². The molecule has 0 aliphatic carbocycles. The molecule has 0 aliphatic heterocycles. The van der Waals surface area contributed by atoms with Gasteiger partial charge in [0, 0.05) is 16.3 Å². The predicted octanol–water partition coefficient (Wildman–Crippen LogP) is 2.95. The molecule has 1 aromatic carbocycles. The Labute approximate surface area is 109 Å². The predicted molar refractivity (Wildman–Crippen MR) is 74.4 cm³/mol. The van der Waals surface area contributed by atoms with E-state index in [1.54, 1.807) is 0 Å². The molecule has 0 amide bonds. The van der Waals surface area contributed by atoms with Crippen molar-refractivity contribution in [1.82, 2.24) is 9.78 Å². The van der Waals surface area contributed by atoms with E-state index in [0.717, 1.165) is 17.9 Å². The van der Waals surface area contributed by atoms with Crippen LogP contribution in [0, 0.1) is 10.5 Å². The third-order valence-corrected chi connectivity index (χ3v) is 3.07. The van der Waals surface area contributed by atoms with Gasteiger partial charge in [0.1, 0.15) is 0 Å². The fourth-order valence-corrected chi connectivity index (χ4v) is 2.16. The molecule has 1 N–H and O–H groups in total. The summed E-state index contributed by atoms with van der Waals surface area (Å²) < 4.78 is 3.15. The Morgan fingerprint density at radius 1 is 1.38 bits per heavy atom. The average Bonchev–Trinajstić information content (AvgIpc) is 2.54. The molecule has 1 heterocycles. The number of anilines is 1. The van der Waals surface area contributed by atoms with E-state index < -0.39 is 0 Å². The first-order valence-electron chi connectivity index (χ1n) is 5.14. The standard InChI is InChI=1S/C12H14IN3/c1-9-6-12(16(2)15-9)8-14-11-5-3-4-10(13)7-11/h3-7,14H,8H2,1-2H3. The van der Waals surface area contributed by atoms with Crippen LogP contribution in [0.25, 0.3) is 0 Å². The van der Waals surface area contributed by atoms with E-state index in [0.29, 0.717) is 0 Å². The van der Waals surface area contributed by atoms with E-state index in [9.17, 15) is 0 Å². The highest BCUT2D eigenvalue weighted by Crippen LogP contribution is 2.13. The largest absolute Gasteiger partial charge is 0.379 e. The molecular formula is C12H14IN3. The van der Waals surface area contributed by atoms with Gasteiger partial charge in [0.25, 0.3) is 0 Å². The van der Waals surface area contributed by atoms with E-state index in [2.05, 4.69) is 63.3 Å². The van der Waals surface area contributed by atoms with Crippen LogP contribution in [0.4, 0.5) is 5.69 Å². The monoisotopic (exact) mass is 327 g/mol. The first kappa shape index (κ1) is 11.4. The number of nitrogens with zero attached hydrogens (tertiary/aromatic N) is 2. The van der Waals surface area contributed by atoms with Gasteiger partial charge < -0.3 is 5.32 Å². The number of halogens is 1. The molecule has 1 aromatic heterocycles. The van der Waals surface area contributed by atoms with Crippen molar-refractivity contribution in [3.63, 3.8) is 0 Å². The summed E-state index contributed by atoms with van der Waals surface area (Å²) in [5, 5.41) is 7.71. The molecule has 0 spiro atoms. The Morgan fingerprint density at radius 2 is 2.19 bits per heavy atom. The molecule has 0 radical (unpaired) electrons. The SMILES string of the molecule is Cc1cc(CNc2cccc(I)c2)n(C)n1. The van der Waals surface area contributed by atoms with Crippen LogP contribution in [0.15, 0.2) is 30.3 Å². The highest BCUT2D eigenvalue weighted by atomic mass is 127. The van der Waals surface area contributed by atoms with Gasteiger partial charge in [0.2, 0.25) is 0 Å². The molecule has 2 aromatic rings. The lowest BCUT2D eigenvalue weighted by molar-refractivity contribution is 0.713. The zero-order valence-corrected chi connectivity index (χ0v) is 11.5. The van der Waals surface area contributed by atoms with Crippen molar-refractivity contribution in [2.24, 2.45) is 7.05 Å².